The Balaban J connectivity index is 1.54. The highest BCUT2D eigenvalue weighted by molar-refractivity contribution is 6.09. The Morgan fingerprint density at radius 2 is 0.960 bits per heavy atom. The first-order valence-electron chi connectivity index (χ1n) is 20.5. The summed E-state index contributed by atoms with van der Waals surface area (Å²) < 4.78 is 2.51. The second kappa shape index (κ2) is 14.7. The van der Waals surface area contributed by atoms with Crippen molar-refractivity contribution in [2.45, 2.75) is 162 Å². The van der Waals surface area contributed by atoms with E-state index in [1.54, 1.807) is 11.1 Å². The predicted molar refractivity (Wildman–Crippen MR) is 221 cm³/mol. The highest BCUT2D eigenvalue weighted by atomic mass is 15.0. The van der Waals surface area contributed by atoms with Crippen molar-refractivity contribution in [3.05, 3.63) is 95.1 Å². The second-order valence-corrected chi connectivity index (χ2v) is 16.3. The molecule has 0 aliphatic heterocycles. The van der Waals surface area contributed by atoms with E-state index in [9.17, 15) is 0 Å². The average molecular weight is 668 g/mol. The minimum absolute atomic E-state index is 0.0748. The normalized spacial score (nSPS) is 14.1. The second-order valence-electron chi connectivity index (χ2n) is 16.3. The molecule has 1 aliphatic carbocycles. The number of rotatable bonds is 16. The van der Waals surface area contributed by atoms with Crippen LogP contribution in [0.2, 0.25) is 0 Å². The highest BCUT2D eigenvalue weighted by Crippen LogP contribution is 2.56. The molecule has 1 nitrogen and oxygen atoms in total. The molecule has 266 valence electrons. The number of aryl methyl sites for hydroxylation is 1. The van der Waals surface area contributed by atoms with Crippen molar-refractivity contribution >= 4 is 21.8 Å². The molecule has 4 aromatic carbocycles. The summed E-state index contributed by atoms with van der Waals surface area (Å²) in [5, 5.41) is 2.79. The molecule has 0 spiro atoms. The Morgan fingerprint density at radius 1 is 0.500 bits per heavy atom. The lowest BCUT2D eigenvalue weighted by molar-refractivity contribution is 0.401. The standard InChI is InChI=1S/C49H65N/c1-10-17-19-29-49(30-20-18-11-2)43-32-36(21-25-39(43)40-26-23-38(34-44(40)49)48(9,14-5)15-6)35-22-27-45-41(31-35)42-33-37(47(8,12-3)13-4)24-28-46(42)50(45)16-7/h21-28,31-34H,10-20,29-30H2,1-9H3. The molecule has 0 radical (unpaired) electrons. The van der Waals surface area contributed by atoms with Crippen LogP contribution in [-0.2, 0) is 22.8 Å². The molecule has 0 saturated carbocycles. The fraction of sp³-hybridized carbons (Fsp3) is 0.510. The molecule has 0 fully saturated rings. The quantitative estimate of drug-likeness (QED) is 0.0923. The highest BCUT2D eigenvalue weighted by Gasteiger charge is 2.43. The van der Waals surface area contributed by atoms with E-state index in [0.29, 0.717) is 0 Å². The summed E-state index contributed by atoms with van der Waals surface area (Å²) in [5.74, 6) is 0. The van der Waals surface area contributed by atoms with Crippen LogP contribution in [0.1, 0.15) is 162 Å². The van der Waals surface area contributed by atoms with Crippen molar-refractivity contribution in [2.75, 3.05) is 0 Å². The van der Waals surface area contributed by atoms with Crippen LogP contribution in [0.15, 0.2) is 72.8 Å². The molecule has 0 unspecified atom stereocenters. The number of aromatic nitrogens is 1. The molecule has 0 amide bonds. The fourth-order valence-corrected chi connectivity index (χ4v) is 9.38. The van der Waals surface area contributed by atoms with Gasteiger partial charge < -0.3 is 4.57 Å². The molecule has 1 aromatic heterocycles. The summed E-state index contributed by atoms with van der Waals surface area (Å²) in [6, 6.07) is 29.8. The van der Waals surface area contributed by atoms with Crippen molar-refractivity contribution in [3.63, 3.8) is 0 Å². The van der Waals surface area contributed by atoms with Gasteiger partial charge in [0, 0.05) is 33.8 Å². The van der Waals surface area contributed by atoms with Gasteiger partial charge in [-0.15, -0.1) is 0 Å². The van der Waals surface area contributed by atoms with Gasteiger partial charge in [-0.25, -0.2) is 0 Å². The molecular weight excluding hydrogens is 603 g/mol. The van der Waals surface area contributed by atoms with Gasteiger partial charge in [-0.05, 0) is 131 Å². The summed E-state index contributed by atoms with van der Waals surface area (Å²) in [6.07, 6.45) is 14.8. The molecule has 0 N–H and O–H groups in total. The molecule has 5 aromatic rings. The van der Waals surface area contributed by atoms with Crippen molar-refractivity contribution in [1.29, 1.82) is 0 Å². The summed E-state index contributed by atoms with van der Waals surface area (Å²) in [6.45, 7) is 22.3. The third-order valence-electron chi connectivity index (χ3n) is 13.8. The molecule has 0 bridgehead atoms. The van der Waals surface area contributed by atoms with Crippen LogP contribution in [0.4, 0.5) is 0 Å². The van der Waals surface area contributed by atoms with E-state index in [-0.39, 0.29) is 16.2 Å². The Kier molecular flexibility index (Phi) is 10.7. The van der Waals surface area contributed by atoms with Crippen LogP contribution in [0.25, 0.3) is 44.1 Å². The van der Waals surface area contributed by atoms with Crippen molar-refractivity contribution in [3.8, 4) is 22.3 Å². The van der Waals surface area contributed by atoms with E-state index in [2.05, 4.69) is 140 Å². The molecule has 50 heavy (non-hydrogen) atoms. The molecular formula is C49H65N. The number of nitrogens with zero attached hydrogens (tertiary/aromatic N) is 1. The summed E-state index contributed by atoms with van der Waals surface area (Å²) >= 11 is 0. The number of unbranched alkanes of at least 4 members (excludes halogenated alkanes) is 4. The zero-order chi connectivity index (χ0) is 35.7. The summed E-state index contributed by atoms with van der Waals surface area (Å²) in [7, 11) is 0. The smallest absolute Gasteiger partial charge is 0.0491 e. The van der Waals surface area contributed by atoms with Gasteiger partial charge in [0.05, 0.1) is 0 Å². The van der Waals surface area contributed by atoms with Crippen LogP contribution in [0, 0.1) is 0 Å². The number of fused-ring (bicyclic) bond motifs is 6. The number of benzene rings is 4. The minimum atomic E-state index is 0.0748. The third-order valence-corrected chi connectivity index (χ3v) is 13.8. The van der Waals surface area contributed by atoms with Gasteiger partial charge in [-0.2, -0.15) is 0 Å². The van der Waals surface area contributed by atoms with Crippen molar-refractivity contribution < 1.29 is 0 Å². The van der Waals surface area contributed by atoms with Gasteiger partial charge in [0.2, 0.25) is 0 Å². The first-order valence-corrected chi connectivity index (χ1v) is 20.5. The first-order chi connectivity index (χ1) is 24.2. The molecule has 6 rings (SSSR count). The van der Waals surface area contributed by atoms with Gasteiger partial charge in [0.15, 0.2) is 0 Å². The van der Waals surface area contributed by atoms with Gasteiger partial charge in [0.1, 0.15) is 0 Å². The maximum absolute atomic E-state index is 2.67. The van der Waals surface area contributed by atoms with E-state index < -0.39 is 0 Å². The lowest BCUT2D eigenvalue weighted by Crippen LogP contribution is -2.27. The van der Waals surface area contributed by atoms with Crippen LogP contribution in [0.3, 0.4) is 0 Å². The van der Waals surface area contributed by atoms with Crippen molar-refractivity contribution in [2.24, 2.45) is 0 Å². The predicted octanol–water partition coefficient (Wildman–Crippen LogP) is 15.1. The van der Waals surface area contributed by atoms with Crippen LogP contribution in [-0.4, -0.2) is 4.57 Å². The van der Waals surface area contributed by atoms with Gasteiger partial charge >= 0.3 is 0 Å². The zero-order valence-corrected chi connectivity index (χ0v) is 33.1. The topological polar surface area (TPSA) is 4.93 Å². The first kappa shape index (κ1) is 36.5. The molecule has 0 atom stereocenters. The average Bonchev–Trinajstić information content (AvgIpc) is 3.62. The minimum Gasteiger partial charge on any atom is -0.341 e. The van der Waals surface area contributed by atoms with Gasteiger partial charge in [-0.1, -0.05) is 136 Å². The van der Waals surface area contributed by atoms with E-state index in [1.807, 2.05) is 0 Å². The maximum Gasteiger partial charge on any atom is 0.0491 e. The molecule has 1 heteroatoms. The summed E-state index contributed by atoms with van der Waals surface area (Å²) in [5.41, 5.74) is 15.1. The van der Waals surface area contributed by atoms with Crippen LogP contribution >= 0.6 is 0 Å². The van der Waals surface area contributed by atoms with Gasteiger partial charge in [-0.3, -0.25) is 0 Å². The third kappa shape index (κ3) is 6.05. The van der Waals surface area contributed by atoms with E-state index in [1.165, 1.54) is 119 Å². The molecule has 1 aliphatic rings. The fourth-order valence-electron chi connectivity index (χ4n) is 9.38. The maximum atomic E-state index is 2.67. The van der Waals surface area contributed by atoms with E-state index >= 15 is 0 Å². The van der Waals surface area contributed by atoms with Gasteiger partial charge in [0.25, 0.3) is 0 Å². The Bertz CT molecular complexity index is 1930. The SMILES string of the molecule is CCCCCC1(CCCCC)c2cc(-c3ccc4c(c3)c3cc(C(C)(CC)CC)ccc3n4CC)ccc2-c2ccc(C(C)(CC)CC)cc21. The Labute approximate surface area is 304 Å². The monoisotopic (exact) mass is 668 g/mol. The largest absolute Gasteiger partial charge is 0.341 e. The lowest BCUT2D eigenvalue weighted by Gasteiger charge is -2.35. The van der Waals surface area contributed by atoms with Crippen molar-refractivity contribution in [1.82, 2.24) is 4.57 Å². The number of hydrogen-bond acceptors (Lipinski definition) is 0. The molecule has 1 heterocycles. The Hall–Kier alpha value is -3.32. The zero-order valence-electron chi connectivity index (χ0n) is 33.1. The molecule has 0 saturated heterocycles. The van der Waals surface area contributed by atoms with E-state index in [4.69, 9.17) is 0 Å². The number of hydrogen-bond donors (Lipinski definition) is 0. The van der Waals surface area contributed by atoms with E-state index in [0.717, 1.165) is 19.4 Å². The van der Waals surface area contributed by atoms with Crippen LogP contribution in [0.5, 0.6) is 0 Å². The lowest BCUT2D eigenvalue weighted by atomic mass is 9.68. The Morgan fingerprint density at radius 3 is 1.52 bits per heavy atom. The van der Waals surface area contributed by atoms with Crippen LogP contribution < -0.4 is 0 Å². The summed E-state index contributed by atoms with van der Waals surface area (Å²) in [4.78, 5) is 0.